The number of ether oxygens (including phenoxy) is 3. The molecule has 2 aliphatic heterocycles. The quantitative estimate of drug-likeness (QED) is 0.371. The number of hydrogen-bond acceptors (Lipinski definition) is 5. The third-order valence-electron chi connectivity index (χ3n) is 5.24. The number of aliphatic hydroxyl groups is 1. The molecule has 6 unspecified atom stereocenters. The normalized spacial score (nSPS) is 39.7. The zero-order valence-electron chi connectivity index (χ0n) is 14.5. The molecule has 0 aromatic rings. The third kappa shape index (κ3) is 3.48. The van der Waals surface area contributed by atoms with Crippen LogP contribution < -0.4 is 0 Å². The maximum atomic E-state index is 12.0. The van der Waals surface area contributed by atoms with E-state index in [-0.39, 0.29) is 30.2 Å². The van der Waals surface area contributed by atoms with Gasteiger partial charge in [-0.2, -0.15) is 0 Å². The number of aliphatic hydroxyl groups excluding tert-OH is 1. The molecule has 0 aromatic carbocycles. The maximum absolute atomic E-state index is 12.0. The van der Waals surface area contributed by atoms with Crippen molar-refractivity contribution in [3.8, 4) is 0 Å². The van der Waals surface area contributed by atoms with E-state index in [2.05, 4.69) is 6.58 Å². The SMILES string of the molecule is C=C1C(=O)OC2C=C(C)C(O)CC3OC3CC(OCC(C)=CC)C12. The van der Waals surface area contributed by atoms with Crippen LogP contribution in [0.4, 0.5) is 0 Å². The van der Waals surface area contributed by atoms with Crippen LogP contribution in [0.15, 0.2) is 35.5 Å². The smallest absolute Gasteiger partial charge is 0.334 e. The average molecular weight is 334 g/mol. The van der Waals surface area contributed by atoms with Crippen LogP contribution in [0, 0.1) is 5.92 Å². The standard InChI is InChI=1S/C19H26O5/c1-5-10(2)9-22-16-8-15-14(23-15)7-13(20)11(3)6-17-18(16)12(4)19(21)24-17/h5-6,13-18,20H,4,7-9H2,1-3H3. The summed E-state index contributed by atoms with van der Waals surface area (Å²) < 4.78 is 17.3. The molecule has 5 nitrogen and oxygen atoms in total. The predicted octanol–water partition coefficient (Wildman–Crippen LogP) is 2.30. The second-order valence-electron chi connectivity index (χ2n) is 7.02. The Kier molecular flexibility index (Phi) is 4.95. The molecule has 0 bridgehead atoms. The van der Waals surface area contributed by atoms with Gasteiger partial charge in [-0.05, 0) is 32.4 Å². The first-order valence-electron chi connectivity index (χ1n) is 8.55. The number of esters is 1. The highest BCUT2D eigenvalue weighted by Crippen LogP contribution is 2.40. The lowest BCUT2D eigenvalue weighted by molar-refractivity contribution is -0.137. The van der Waals surface area contributed by atoms with Gasteiger partial charge in [-0.1, -0.05) is 18.2 Å². The molecular weight excluding hydrogens is 308 g/mol. The topological polar surface area (TPSA) is 68.3 Å². The van der Waals surface area contributed by atoms with Crippen LogP contribution in [0.3, 0.4) is 0 Å². The van der Waals surface area contributed by atoms with Gasteiger partial charge in [-0.15, -0.1) is 0 Å². The van der Waals surface area contributed by atoms with Crippen LogP contribution in [0.2, 0.25) is 0 Å². The average Bonchev–Trinajstić information content (AvgIpc) is 3.21. The van der Waals surface area contributed by atoms with Crippen molar-refractivity contribution >= 4 is 5.97 Å². The number of fused-ring (bicyclic) bond motifs is 2. The number of allylic oxidation sites excluding steroid dienone is 1. The molecule has 3 rings (SSSR count). The van der Waals surface area contributed by atoms with E-state index >= 15 is 0 Å². The maximum Gasteiger partial charge on any atom is 0.334 e. The Morgan fingerprint density at radius 3 is 2.88 bits per heavy atom. The van der Waals surface area contributed by atoms with Gasteiger partial charge in [0.15, 0.2) is 0 Å². The fourth-order valence-corrected chi connectivity index (χ4v) is 3.42. The van der Waals surface area contributed by atoms with E-state index in [1.807, 2.05) is 32.9 Å². The molecule has 24 heavy (non-hydrogen) atoms. The van der Waals surface area contributed by atoms with Gasteiger partial charge < -0.3 is 19.3 Å². The summed E-state index contributed by atoms with van der Waals surface area (Å²) >= 11 is 0. The van der Waals surface area contributed by atoms with Gasteiger partial charge in [0.05, 0.1) is 36.9 Å². The lowest BCUT2D eigenvalue weighted by Crippen LogP contribution is -2.34. The zero-order valence-corrected chi connectivity index (χ0v) is 14.5. The Balaban J connectivity index is 1.88. The van der Waals surface area contributed by atoms with Crippen molar-refractivity contribution in [3.63, 3.8) is 0 Å². The molecule has 0 amide bonds. The molecule has 6 atom stereocenters. The van der Waals surface area contributed by atoms with Crippen LogP contribution in [-0.4, -0.2) is 48.2 Å². The van der Waals surface area contributed by atoms with Crippen LogP contribution >= 0.6 is 0 Å². The molecule has 2 heterocycles. The lowest BCUT2D eigenvalue weighted by Gasteiger charge is -2.27. The van der Waals surface area contributed by atoms with Gasteiger partial charge in [-0.25, -0.2) is 4.79 Å². The van der Waals surface area contributed by atoms with Gasteiger partial charge in [0.1, 0.15) is 6.10 Å². The summed E-state index contributed by atoms with van der Waals surface area (Å²) in [5, 5.41) is 10.3. The summed E-state index contributed by atoms with van der Waals surface area (Å²) in [6.45, 7) is 10.3. The third-order valence-corrected chi connectivity index (χ3v) is 5.24. The predicted molar refractivity (Wildman–Crippen MR) is 89.3 cm³/mol. The molecule has 2 saturated heterocycles. The monoisotopic (exact) mass is 334 g/mol. The van der Waals surface area contributed by atoms with Crippen LogP contribution in [-0.2, 0) is 19.0 Å². The second-order valence-corrected chi connectivity index (χ2v) is 7.02. The van der Waals surface area contributed by atoms with E-state index in [0.29, 0.717) is 25.0 Å². The number of epoxide rings is 1. The number of hydrogen-bond donors (Lipinski definition) is 1. The van der Waals surface area contributed by atoms with Gasteiger partial charge in [0.25, 0.3) is 0 Å². The van der Waals surface area contributed by atoms with Gasteiger partial charge in [0, 0.05) is 18.4 Å². The summed E-state index contributed by atoms with van der Waals surface area (Å²) in [7, 11) is 0. The molecule has 0 aromatic heterocycles. The molecule has 0 saturated carbocycles. The zero-order chi connectivity index (χ0) is 17.4. The summed E-state index contributed by atoms with van der Waals surface area (Å²) in [4.78, 5) is 12.0. The first-order valence-corrected chi connectivity index (χ1v) is 8.55. The molecule has 0 spiro atoms. The fraction of sp³-hybridized carbons (Fsp3) is 0.632. The largest absolute Gasteiger partial charge is 0.454 e. The van der Waals surface area contributed by atoms with Crippen molar-refractivity contribution < 1.29 is 24.1 Å². The van der Waals surface area contributed by atoms with E-state index in [1.54, 1.807) is 0 Å². The molecular formula is C19H26O5. The number of carbonyl (C=O) groups excluding carboxylic acids is 1. The van der Waals surface area contributed by atoms with Gasteiger partial charge in [-0.3, -0.25) is 0 Å². The van der Waals surface area contributed by atoms with Crippen LogP contribution in [0.1, 0.15) is 33.6 Å². The summed E-state index contributed by atoms with van der Waals surface area (Å²) in [6.07, 6.45) is 4.01. The van der Waals surface area contributed by atoms with Crippen molar-refractivity contribution in [1.82, 2.24) is 0 Å². The number of rotatable bonds is 3. The van der Waals surface area contributed by atoms with Crippen molar-refractivity contribution in [2.75, 3.05) is 6.61 Å². The number of carbonyl (C=O) groups is 1. The van der Waals surface area contributed by atoms with Gasteiger partial charge >= 0.3 is 5.97 Å². The molecule has 132 valence electrons. The van der Waals surface area contributed by atoms with Crippen LogP contribution in [0.25, 0.3) is 0 Å². The van der Waals surface area contributed by atoms with E-state index < -0.39 is 12.2 Å². The molecule has 1 aliphatic carbocycles. The van der Waals surface area contributed by atoms with E-state index in [0.717, 1.165) is 11.1 Å². The Morgan fingerprint density at radius 1 is 1.46 bits per heavy atom. The van der Waals surface area contributed by atoms with Gasteiger partial charge in [0.2, 0.25) is 0 Å². The lowest BCUT2D eigenvalue weighted by atomic mass is 9.85. The Hall–Kier alpha value is -1.43. The fourth-order valence-electron chi connectivity index (χ4n) is 3.42. The van der Waals surface area contributed by atoms with E-state index in [1.165, 1.54) is 0 Å². The molecule has 2 fully saturated rings. The van der Waals surface area contributed by atoms with Crippen molar-refractivity contribution in [3.05, 3.63) is 35.5 Å². The highest BCUT2D eigenvalue weighted by molar-refractivity contribution is 5.91. The minimum atomic E-state index is -0.573. The first-order chi connectivity index (χ1) is 11.4. The highest BCUT2D eigenvalue weighted by atomic mass is 16.6. The molecule has 5 heteroatoms. The van der Waals surface area contributed by atoms with Crippen molar-refractivity contribution in [2.45, 2.75) is 64.1 Å². The molecule has 1 N–H and O–H groups in total. The van der Waals surface area contributed by atoms with Crippen molar-refractivity contribution in [1.29, 1.82) is 0 Å². The first kappa shape index (κ1) is 17.4. The van der Waals surface area contributed by atoms with Crippen LogP contribution in [0.5, 0.6) is 0 Å². The Labute approximate surface area is 143 Å². The summed E-state index contributed by atoms with van der Waals surface area (Å²) in [5.74, 6) is -0.625. The Bertz CT molecular complexity index is 591. The molecule has 0 radical (unpaired) electrons. The highest BCUT2D eigenvalue weighted by Gasteiger charge is 2.49. The summed E-state index contributed by atoms with van der Waals surface area (Å²) in [5.41, 5.74) is 2.38. The van der Waals surface area contributed by atoms with Crippen molar-refractivity contribution in [2.24, 2.45) is 5.92 Å². The van der Waals surface area contributed by atoms with E-state index in [9.17, 15) is 9.90 Å². The Morgan fingerprint density at radius 2 is 2.17 bits per heavy atom. The minimum Gasteiger partial charge on any atom is -0.454 e. The minimum absolute atomic E-state index is 0.0557. The van der Waals surface area contributed by atoms with E-state index in [4.69, 9.17) is 14.2 Å². The summed E-state index contributed by atoms with van der Waals surface area (Å²) in [6, 6.07) is 0. The molecule has 3 aliphatic rings. The second kappa shape index (κ2) is 6.82.